The maximum Gasteiger partial charge on any atom is 0.250 e. The fourth-order valence-corrected chi connectivity index (χ4v) is 3.28. The van der Waals surface area contributed by atoms with E-state index in [-0.39, 0.29) is 10.8 Å². The van der Waals surface area contributed by atoms with Crippen LogP contribution in [-0.2, 0) is 14.8 Å². The molecule has 0 unspecified atom stereocenters. The molecule has 7 heteroatoms. The number of nitrogens with two attached hydrogens (primary N) is 1. The van der Waals surface area contributed by atoms with Crippen molar-refractivity contribution in [2.45, 2.75) is 24.0 Å². The molecule has 0 aromatic carbocycles. The van der Waals surface area contributed by atoms with Crippen molar-refractivity contribution in [3.63, 3.8) is 0 Å². The smallest absolute Gasteiger partial charge is 0.250 e. The Hall–Kier alpha value is -0.630. The number of unbranched alkanes of at least 4 members (excludes halogenated alkanes) is 1. The summed E-state index contributed by atoms with van der Waals surface area (Å²) in [6.45, 7) is 3.42. The Bertz CT molecular complexity index is 429. The summed E-state index contributed by atoms with van der Waals surface area (Å²) in [5.74, 6) is 0. The van der Waals surface area contributed by atoms with Gasteiger partial charge in [0.2, 0.25) is 10.0 Å². The third-order valence-electron chi connectivity index (χ3n) is 2.04. The normalized spacial score (nSPS) is 11.8. The van der Waals surface area contributed by atoms with Gasteiger partial charge in [-0.3, -0.25) is 0 Å². The van der Waals surface area contributed by atoms with E-state index in [4.69, 9.17) is 10.5 Å². The van der Waals surface area contributed by atoms with Gasteiger partial charge in [-0.2, -0.15) is 0 Å². The average Bonchev–Trinajstić information content (AvgIpc) is 2.71. The summed E-state index contributed by atoms with van der Waals surface area (Å²) in [6.07, 6.45) is 2.06. The lowest BCUT2D eigenvalue weighted by atomic mass is 10.4. The van der Waals surface area contributed by atoms with Crippen molar-refractivity contribution in [1.82, 2.24) is 4.72 Å². The molecule has 0 amide bonds. The summed E-state index contributed by atoms with van der Waals surface area (Å²) < 4.78 is 31.4. The highest BCUT2D eigenvalue weighted by molar-refractivity contribution is 7.91. The van der Waals surface area contributed by atoms with Gasteiger partial charge in [-0.05, 0) is 12.5 Å². The standard InChI is InChI=1S/C10H18N2O3S2/c1-2-3-5-15-6-4-12-17(13,14)10-7-9(11)8-16-10/h7-8,12H,2-6,11H2,1H3. The lowest BCUT2D eigenvalue weighted by molar-refractivity contribution is 0.136. The highest BCUT2D eigenvalue weighted by atomic mass is 32.2. The van der Waals surface area contributed by atoms with Gasteiger partial charge in [-0.1, -0.05) is 13.3 Å². The van der Waals surface area contributed by atoms with Crippen LogP contribution in [0.4, 0.5) is 5.69 Å². The van der Waals surface area contributed by atoms with Gasteiger partial charge < -0.3 is 10.5 Å². The third-order valence-corrected chi connectivity index (χ3v) is 4.96. The molecular weight excluding hydrogens is 260 g/mol. The van der Waals surface area contributed by atoms with Crippen LogP contribution in [0.2, 0.25) is 0 Å². The number of sulfonamides is 1. The van der Waals surface area contributed by atoms with E-state index in [1.807, 2.05) is 0 Å². The van der Waals surface area contributed by atoms with Gasteiger partial charge in [0.1, 0.15) is 4.21 Å². The summed E-state index contributed by atoms with van der Waals surface area (Å²) in [4.78, 5) is 0. The maximum absolute atomic E-state index is 11.7. The van der Waals surface area contributed by atoms with E-state index in [1.54, 1.807) is 5.38 Å². The largest absolute Gasteiger partial charge is 0.398 e. The van der Waals surface area contributed by atoms with E-state index in [1.165, 1.54) is 6.07 Å². The predicted octanol–water partition coefficient (Wildman–Crippen LogP) is 1.43. The van der Waals surface area contributed by atoms with E-state index in [2.05, 4.69) is 11.6 Å². The SMILES string of the molecule is CCCCOCCNS(=O)(=O)c1cc(N)cs1. The van der Waals surface area contributed by atoms with Gasteiger partial charge in [-0.15, -0.1) is 11.3 Å². The Morgan fingerprint density at radius 2 is 2.24 bits per heavy atom. The summed E-state index contributed by atoms with van der Waals surface area (Å²) in [5, 5.41) is 1.60. The maximum atomic E-state index is 11.7. The molecule has 0 saturated carbocycles. The lowest BCUT2D eigenvalue weighted by Gasteiger charge is -2.05. The molecule has 17 heavy (non-hydrogen) atoms. The molecule has 0 aliphatic rings. The number of anilines is 1. The number of hydrogen-bond donors (Lipinski definition) is 2. The second kappa shape index (κ2) is 6.95. The van der Waals surface area contributed by atoms with Gasteiger partial charge in [0.25, 0.3) is 0 Å². The fourth-order valence-electron chi connectivity index (χ4n) is 1.14. The number of rotatable bonds is 8. The first-order valence-corrected chi connectivity index (χ1v) is 7.84. The predicted molar refractivity (Wildman–Crippen MR) is 69.6 cm³/mol. The molecule has 98 valence electrons. The Morgan fingerprint density at radius 1 is 1.47 bits per heavy atom. The fraction of sp³-hybridized carbons (Fsp3) is 0.600. The van der Waals surface area contributed by atoms with Gasteiger partial charge in [0.05, 0.1) is 6.61 Å². The molecule has 0 aliphatic carbocycles. The molecule has 5 nitrogen and oxygen atoms in total. The lowest BCUT2D eigenvalue weighted by Crippen LogP contribution is -2.27. The van der Waals surface area contributed by atoms with Crippen molar-refractivity contribution < 1.29 is 13.2 Å². The van der Waals surface area contributed by atoms with E-state index < -0.39 is 10.0 Å². The monoisotopic (exact) mass is 278 g/mol. The highest BCUT2D eigenvalue weighted by Crippen LogP contribution is 2.20. The zero-order valence-corrected chi connectivity index (χ0v) is 11.4. The molecule has 0 bridgehead atoms. The second-order valence-electron chi connectivity index (χ2n) is 3.56. The van der Waals surface area contributed by atoms with Crippen LogP contribution in [0.5, 0.6) is 0 Å². The molecule has 1 heterocycles. The summed E-state index contributed by atoms with van der Waals surface area (Å²) in [5.41, 5.74) is 5.95. The van der Waals surface area contributed by atoms with Crippen molar-refractivity contribution in [1.29, 1.82) is 0 Å². The van der Waals surface area contributed by atoms with Crippen LogP contribution in [0.3, 0.4) is 0 Å². The molecule has 0 radical (unpaired) electrons. The summed E-state index contributed by atoms with van der Waals surface area (Å²) in [6, 6.07) is 1.45. The van der Waals surface area contributed by atoms with E-state index in [0.29, 0.717) is 18.9 Å². The van der Waals surface area contributed by atoms with Crippen molar-refractivity contribution in [2.24, 2.45) is 0 Å². The van der Waals surface area contributed by atoms with E-state index >= 15 is 0 Å². The van der Waals surface area contributed by atoms with Crippen LogP contribution in [0.15, 0.2) is 15.7 Å². The first-order valence-electron chi connectivity index (χ1n) is 5.47. The molecule has 0 spiro atoms. The zero-order valence-electron chi connectivity index (χ0n) is 9.81. The van der Waals surface area contributed by atoms with Crippen molar-refractivity contribution >= 4 is 27.0 Å². The van der Waals surface area contributed by atoms with Crippen LogP contribution in [0.25, 0.3) is 0 Å². The zero-order chi connectivity index (χ0) is 12.7. The average molecular weight is 278 g/mol. The Labute approximate surface area is 106 Å². The summed E-state index contributed by atoms with van der Waals surface area (Å²) >= 11 is 1.11. The Kier molecular flexibility index (Phi) is 5.90. The second-order valence-corrected chi connectivity index (χ2v) is 6.47. The van der Waals surface area contributed by atoms with E-state index in [9.17, 15) is 8.42 Å². The first-order chi connectivity index (χ1) is 8.06. The van der Waals surface area contributed by atoms with Crippen molar-refractivity contribution in [3.8, 4) is 0 Å². The number of nitrogen functional groups attached to an aromatic ring is 1. The minimum atomic E-state index is -3.42. The molecule has 1 aromatic heterocycles. The van der Waals surface area contributed by atoms with Gasteiger partial charge in [0.15, 0.2) is 0 Å². The Morgan fingerprint density at radius 3 is 2.82 bits per heavy atom. The molecule has 0 saturated heterocycles. The van der Waals surface area contributed by atoms with Crippen molar-refractivity contribution in [3.05, 3.63) is 11.4 Å². The number of nitrogens with one attached hydrogen (secondary N) is 1. The van der Waals surface area contributed by atoms with Crippen LogP contribution in [0.1, 0.15) is 19.8 Å². The van der Waals surface area contributed by atoms with E-state index in [0.717, 1.165) is 24.2 Å². The van der Waals surface area contributed by atoms with Gasteiger partial charge in [-0.25, -0.2) is 13.1 Å². The molecule has 1 rings (SSSR count). The summed E-state index contributed by atoms with van der Waals surface area (Å²) in [7, 11) is -3.42. The number of ether oxygens (including phenoxy) is 1. The first kappa shape index (κ1) is 14.4. The Balaban J connectivity index is 2.31. The van der Waals surface area contributed by atoms with Gasteiger partial charge >= 0.3 is 0 Å². The number of thiophene rings is 1. The van der Waals surface area contributed by atoms with Crippen LogP contribution in [0, 0.1) is 0 Å². The minimum absolute atomic E-state index is 0.239. The van der Waals surface area contributed by atoms with Crippen LogP contribution in [-0.4, -0.2) is 28.2 Å². The number of hydrogen-bond acceptors (Lipinski definition) is 5. The van der Waals surface area contributed by atoms with Crippen molar-refractivity contribution in [2.75, 3.05) is 25.5 Å². The minimum Gasteiger partial charge on any atom is -0.398 e. The highest BCUT2D eigenvalue weighted by Gasteiger charge is 2.15. The molecule has 0 aliphatic heterocycles. The quantitative estimate of drug-likeness (QED) is 0.705. The van der Waals surface area contributed by atoms with Crippen LogP contribution < -0.4 is 10.5 Å². The van der Waals surface area contributed by atoms with Crippen LogP contribution >= 0.6 is 11.3 Å². The van der Waals surface area contributed by atoms with Gasteiger partial charge in [0, 0.05) is 24.2 Å². The molecule has 1 aromatic rings. The molecule has 3 N–H and O–H groups in total. The topological polar surface area (TPSA) is 81.4 Å². The third kappa shape index (κ3) is 5.03. The molecule has 0 atom stereocenters. The molecule has 0 fully saturated rings. The molecular formula is C10H18N2O3S2.